The Morgan fingerprint density at radius 3 is 2.81 bits per heavy atom. The monoisotopic (exact) mass is 374 g/mol. The number of rotatable bonds is 6. The van der Waals surface area contributed by atoms with Crippen LogP contribution in [0.5, 0.6) is 0 Å². The Morgan fingerprint density at radius 1 is 1.19 bits per heavy atom. The van der Waals surface area contributed by atoms with Gasteiger partial charge in [-0.2, -0.15) is 13.2 Å². The van der Waals surface area contributed by atoms with E-state index >= 15 is 0 Å². The maximum Gasteiger partial charge on any atom is 0.416 e. The molecule has 3 aromatic carbocycles. The first-order chi connectivity index (χ1) is 19.2. The van der Waals surface area contributed by atoms with Gasteiger partial charge < -0.3 is 5.32 Å². The largest absolute Gasteiger partial charge is 0.416 e. The Balaban J connectivity index is 2.37. The molecule has 3 aromatic rings. The van der Waals surface area contributed by atoms with Gasteiger partial charge >= 0.3 is 6.18 Å². The van der Waals surface area contributed by atoms with Crippen molar-refractivity contribution in [2.24, 2.45) is 0 Å². The molecule has 0 aliphatic carbocycles. The van der Waals surface area contributed by atoms with Gasteiger partial charge in [-0.25, -0.2) is 0 Å². The summed E-state index contributed by atoms with van der Waals surface area (Å²) in [5, 5.41) is -0.177. The predicted molar refractivity (Wildman–Crippen MR) is 100 cm³/mol. The molecule has 1 nitrogen and oxygen atoms in total. The molecule has 0 saturated heterocycles. The molecule has 0 aromatic heterocycles. The van der Waals surface area contributed by atoms with Gasteiger partial charge in [0.15, 0.2) is 0 Å². The normalized spacial score (nSPS) is 25.9. The lowest BCUT2D eigenvalue weighted by Crippen LogP contribution is -2.20. The number of nitrogens with one attached hydrogen (secondary N) is 1. The molecule has 1 atom stereocenters. The average molecular weight is 375 g/mol. The molecule has 0 spiro atoms. The minimum absolute atomic E-state index is 0.233. The molecule has 26 heavy (non-hydrogen) atoms. The van der Waals surface area contributed by atoms with Crippen molar-refractivity contribution in [2.45, 2.75) is 31.8 Å². The van der Waals surface area contributed by atoms with Gasteiger partial charge in [0.2, 0.25) is 0 Å². The molecule has 0 unspecified atom stereocenters. The van der Waals surface area contributed by atoms with Crippen LogP contribution in [0.15, 0.2) is 66.6 Å². The molecular formula is C22H22F3N. The highest BCUT2D eigenvalue weighted by atomic mass is 19.4. The van der Waals surface area contributed by atoms with Crippen LogP contribution in [0.25, 0.3) is 10.8 Å². The molecule has 0 amide bonds. The van der Waals surface area contributed by atoms with Gasteiger partial charge in [-0.1, -0.05) is 60.5 Å². The molecular weight excluding hydrogens is 335 g/mol. The second-order valence-corrected chi connectivity index (χ2v) is 4.95. The van der Waals surface area contributed by atoms with E-state index in [0.29, 0.717) is 6.07 Å². The molecule has 3 rings (SSSR count). The molecule has 0 heterocycles. The quantitative estimate of drug-likeness (QED) is 0.546. The Hall–Kier alpha value is -2.33. The highest BCUT2D eigenvalue weighted by molar-refractivity contribution is 5.86. The molecule has 0 saturated carbocycles. The standard InChI is InChI=1S/C22H22F3N/c1-16(20-13-5-10-18-9-2-3-12-21(18)20)26-14-6-8-17-7-4-11-19(15-17)22(23,24)25/h2-5,7,9-13,15-16,26H,6,8,14H2,1H3/t16-/m0/s1/i1D3,2D,3D,5D,6D2,8D2,9D,10D,12D,13D,14D2,16D. The van der Waals surface area contributed by atoms with Gasteiger partial charge in [0, 0.05) is 18.4 Å². The van der Waals surface area contributed by atoms with E-state index in [9.17, 15) is 13.2 Å². The summed E-state index contributed by atoms with van der Waals surface area (Å²) in [6, 6.07) is -8.69. The Kier molecular flexibility index (Phi) is 2.03. The SMILES string of the molecule is [2H]c1c([2H])c([2H])c2c([C@@]([2H])(NC([2H])([2H])C([2H])([2H])C([2H])([2H])c3cccc(C(F)(F)F)c3)C([2H])([2H])[2H])c([2H])c([2H])c([2H])c2c1[2H]. The fourth-order valence-electron chi connectivity index (χ4n) is 2.03. The van der Waals surface area contributed by atoms with Crippen molar-refractivity contribution < 1.29 is 36.5 Å². The molecule has 1 N–H and O–H groups in total. The summed E-state index contributed by atoms with van der Waals surface area (Å²) in [5.74, 6) is 0. The van der Waals surface area contributed by atoms with Crippen molar-refractivity contribution >= 4 is 10.8 Å². The number of hydrogen-bond donors (Lipinski definition) is 1. The summed E-state index contributed by atoms with van der Waals surface area (Å²) >= 11 is 0. The summed E-state index contributed by atoms with van der Waals surface area (Å²) in [6.07, 6.45) is -12.6. The lowest BCUT2D eigenvalue weighted by molar-refractivity contribution is -0.137. The van der Waals surface area contributed by atoms with E-state index in [1.54, 1.807) is 0 Å². The van der Waals surface area contributed by atoms with Crippen LogP contribution in [-0.2, 0) is 12.5 Å². The van der Waals surface area contributed by atoms with E-state index < -0.39 is 108 Å². The van der Waals surface area contributed by atoms with Crippen LogP contribution in [0.4, 0.5) is 13.2 Å². The van der Waals surface area contributed by atoms with Crippen molar-refractivity contribution in [2.75, 3.05) is 6.50 Å². The van der Waals surface area contributed by atoms with Gasteiger partial charge in [-0.3, -0.25) is 0 Å². The number of hydrogen-bond acceptors (Lipinski definition) is 1. The minimum Gasteiger partial charge on any atom is -0.310 e. The first-order valence-corrected chi connectivity index (χ1v) is 7.14. The van der Waals surface area contributed by atoms with E-state index in [1.165, 1.54) is 5.32 Å². The molecule has 0 aliphatic rings. The van der Waals surface area contributed by atoms with Gasteiger partial charge in [-0.05, 0) is 54.1 Å². The second-order valence-electron chi connectivity index (χ2n) is 4.95. The van der Waals surface area contributed by atoms with E-state index in [1.807, 2.05) is 0 Å². The topological polar surface area (TPSA) is 12.0 Å². The van der Waals surface area contributed by atoms with Crippen LogP contribution < -0.4 is 5.32 Å². The molecule has 136 valence electrons. The van der Waals surface area contributed by atoms with E-state index in [0.717, 1.165) is 12.1 Å². The van der Waals surface area contributed by atoms with Gasteiger partial charge in [0.05, 0.1) is 16.5 Å². The smallest absolute Gasteiger partial charge is 0.310 e. The predicted octanol–water partition coefficient (Wildman–Crippen LogP) is 6.14. The van der Waals surface area contributed by atoms with Gasteiger partial charge in [0.25, 0.3) is 0 Å². The zero-order chi connectivity index (χ0) is 33.5. The van der Waals surface area contributed by atoms with Crippen molar-refractivity contribution in [1.29, 1.82) is 0 Å². The Morgan fingerprint density at radius 2 is 2.00 bits per heavy atom. The fourth-order valence-corrected chi connectivity index (χ4v) is 2.03. The highest BCUT2D eigenvalue weighted by Crippen LogP contribution is 2.29. The number of benzene rings is 3. The number of alkyl halides is 3. The fraction of sp³-hybridized carbons (Fsp3) is 0.273. The summed E-state index contributed by atoms with van der Waals surface area (Å²) in [6.45, 7) is -7.82. The van der Waals surface area contributed by atoms with Gasteiger partial charge in [-0.15, -0.1) is 0 Å². The van der Waals surface area contributed by atoms with Crippen molar-refractivity contribution in [3.8, 4) is 0 Å². The summed E-state index contributed by atoms with van der Waals surface area (Å²) < 4.78 is 180. The Labute approximate surface area is 175 Å². The van der Waals surface area contributed by atoms with E-state index in [2.05, 4.69) is 0 Å². The van der Waals surface area contributed by atoms with Crippen LogP contribution >= 0.6 is 0 Å². The maximum atomic E-state index is 13.3. The van der Waals surface area contributed by atoms with Gasteiger partial charge in [0.1, 0.15) is 0 Å². The lowest BCUT2D eigenvalue weighted by Gasteiger charge is -2.17. The van der Waals surface area contributed by atoms with Crippen LogP contribution in [0.2, 0.25) is 0 Å². The average Bonchev–Trinajstić information content (AvgIpc) is 2.87. The Bertz CT molecular complexity index is 1590. The zero-order valence-corrected chi connectivity index (χ0v) is 12.9. The van der Waals surface area contributed by atoms with Crippen molar-refractivity contribution in [3.63, 3.8) is 0 Å². The number of aryl methyl sites for hydroxylation is 1. The third-order valence-electron chi connectivity index (χ3n) is 3.21. The van der Waals surface area contributed by atoms with Crippen LogP contribution in [-0.4, -0.2) is 6.50 Å². The van der Waals surface area contributed by atoms with Crippen molar-refractivity contribution in [1.82, 2.24) is 5.32 Å². The summed E-state index contributed by atoms with van der Waals surface area (Å²) in [5.41, 5.74) is -3.64. The summed E-state index contributed by atoms with van der Waals surface area (Å²) in [4.78, 5) is 0. The van der Waals surface area contributed by atoms with E-state index in [-0.39, 0.29) is 6.07 Å². The first-order valence-electron chi connectivity index (χ1n) is 15.6. The molecule has 0 radical (unpaired) electrons. The maximum absolute atomic E-state index is 13.3. The zero-order valence-electron chi connectivity index (χ0n) is 29.9. The lowest BCUT2D eigenvalue weighted by atomic mass is 9.99. The number of fused-ring (bicyclic) bond motifs is 1. The minimum atomic E-state index is -4.99. The third-order valence-corrected chi connectivity index (χ3v) is 3.21. The van der Waals surface area contributed by atoms with Crippen molar-refractivity contribution in [3.05, 3.63) is 83.3 Å². The first kappa shape index (κ1) is 6.68. The highest BCUT2D eigenvalue weighted by Gasteiger charge is 2.30. The molecule has 0 fully saturated rings. The van der Waals surface area contributed by atoms with E-state index in [4.69, 9.17) is 23.3 Å². The number of halogens is 3. The molecule has 4 heteroatoms. The molecule has 0 aliphatic heterocycles. The van der Waals surface area contributed by atoms with Crippen LogP contribution in [0, 0.1) is 0 Å². The van der Waals surface area contributed by atoms with Crippen LogP contribution in [0.3, 0.4) is 0 Å². The molecule has 0 bridgehead atoms. The summed E-state index contributed by atoms with van der Waals surface area (Å²) in [7, 11) is 0. The third kappa shape index (κ3) is 4.44. The second kappa shape index (κ2) is 7.92. The van der Waals surface area contributed by atoms with Crippen LogP contribution in [0.1, 0.15) is 59.2 Å².